The normalized spacial score (nSPS) is 11.3. The molecule has 0 fully saturated rings. The molecule has 0 atom stereocenters. The van der Waals surface area contributed by atoms with Crippen LogP contribution in [0.4, 0.5) is 0 Å². The number of rotatable bonds is 19. The molecule has 0 spiro atoms. The average molecular weight is 398 g/mol. The van der Waals surface area contributed by atoms with E-state index in [1.54, 1.807) is 0 Å². The quantitative estimate of drug-likeness (QED) is 0.279. The van der Waals surface area contributed by atoms with Gasteiger partial charge < -0.3 is 6.15 Å². The van der Waals surface area contributed by atoms with Gasteiger partial charge in [0, 0.05) is 12.8 Å². The predicted molar refractivity (Wildman–Crippen MR) is 109 cm³/mol. The minimum atomic E-state index is -3.92. The van der Waals surface area contributed by atoms with Gasteiger partial charge in [0.1, 0.15) is 5.78 Å². The first kappa shape index (κ1) is 27.7. The molecule has 0 radical (unpaired) electrons. The first-order chi connectivity index (χ1) is 12.0. The van der Waals surface area contributed by atoms with Crippen LogP contribution in [0.1, 0.15) is 106 Å². The lowest BCUT2D eigenvalue weighted by Crippen LogP contribution is -2.11. The highest BCUT2D eigenvalue weighted by atomic mass is 32.3. The lowest BCUT2D eigenvalue weighted by atomic mass is 10.0. The fraction of sp³-hybridized carbons (Fsp3) is 0.947. The molecule has 0 saturated carbocycles. The number of carbonyl (C=O) groups excluding carboxylic acids is 1. The molecule has 26 heavy (non-hydrogen) atoms. The molecule has 3 N–H and O–H groups in total. The van der Waals surface area contributed by atoms with Crippen LogP contribution in [0.3, 0.4) is 0 Å². The first-order valence-electron chi connectivity index (χ1n) is 9.98. The van der Waals surface area contributed by atoms with Gasteiger partial charge in [0.15, 0.2) is 0 Å². The molecular formula is C19H43NO5S+2. The molecule has 0 heterocycles. The van der Waals surface area contributed by atoms with E-state index in [0.717, 1.165) is 20.0 Å². The van der Waals surface area contributed by atoms with E-state index in [1.165, 1.54) is 70.6 Å². The maximum atomic E-state index is 11.6. The summed E-state index contributed by atoms with van der Waals surface area (Å²) in [5.41, 5.74) is 0. The summed E-state index contributed by atoms with van der Waals surface area (Å²) < 4.78 is 30.5. The molecule has 6 nitrogen and oxygen atoms in total. The van der Waals surface area contributed by atoms with Gasteiger partial charge in [-0.2, -0.15) is 8.42 Å². The van der Waals surface area contributed by atoms with Crippen LogP contribution in [0.25, 0.3) is 0 Å². The van der Waals surface area contributed by atoms with E-state index in [4.69, 9.17) is 0 Å². The predicted octanol–water partition coefficient (Wildman–Crippen LogP) is 5.72. The van der Waals surface area contributed by atoms with Crippen LogP contribution in [-0.2, 0) is 23.6 Å². The highest BCUT2D eigenvalue weighted by molar-refractivity contribution is 7.81. The molecule has 0 aromatic rings. The van der Waals surface area contributed by atoms with Gasteiger partial charge in [-0.25, -0.2) is 4.18 Å². The maximum absolute atomic E-state index is 11.6. The van der Waals surface area contributed by atoms with E-state index in [1.807, 2.05) is 0 Å². The van der Waals surface area contributed by atoms with E-state index in [9.17, 15) is 13.2 Å². The third-order valence-corrected chi connectivity index (χ3v) is 5.24. The smallest absolute Gasteiger partial charge is 0.344 e. The number of hydrogen-bond donors (Lipinski definition) is 1. The van der Waals surface area contributed by atoms with Crippen molar-refractivity contribution in [3.8, 4) is 0 Å². The Morgan fingerprint density at radius 2 is 1.19 bits per heavy atom. The molecule has 0 aliphatic rings. The summed E-state index contributed by atoms with van der Waals surface area (Å²) in [6.45, 7) is 2.12. The SMILES string of the molecule is CCCCCCCCCCCCCCCC(=O)CCOS(=O)(=O)OC.N.[H+].[H+]. The molecule has 0 saturated heterocycles. The molecule has 0 aromatic carbocycles. The van der Waals surface area contributed by atoms with Crippen molar-refractivity contribution in [1.82, 2.24) is 6.15 Å². The molecule has 0 amide bonds. The number of unbranched alkanes of at least 4 members (excludes halogenated alkanes) is 12. The first-order valence-corrected chi connectivity index (χ1v) is 11.3. The van der Waals surface area contributed by atoms with Gasteiger partial charge in [-0.1, -0.05) is 84.0 Å². The van der Waals surface area contributed by atoms with Gasteiger partial charge in [-0.05, 0) is 6.42 Å². The molecule has 0 aliphatic carbocycles. The monoisotopic (exact) mass is 397 g/mol. The molecule has 0 unspecified atom stereocenters. The van der Waals surface area contributed by atoms with Gasteiger partial charge in [-0.3, -0.25) is 8.98 Å². The molecule has 7 heteroatoms. The van der Waals surface area contributed by atoms with Crippen molar-refractivity contribution in [2.75, 3.05) is 13.7 Å². The fourth-order valence-corrected chi connectivity index (χ4v) is 3.15. The zero-order chi connectivity index (χ0) is 18.8. The Kier molecular flexibility index (Phi) is 20.5. The van der Waals surface area contributed by atoms with Crippen molar-refractivity contribution < 1.29 is 24.4 Å². The highest BCUT2D eigenvalue weighted by Gasteiger charge is 2.10. The second kappa shape index (κ2) is 19.3. The van der Waals surface area contributed by atoms with Crippen LogP contribution in [-0.4, -0.2) is 27.9 Å². The van der Waals surface area contributed by atoms with E-state index in [2.05, 4.69) is 15.3 Å². The Morgan fingerprint density at radius 3 is 1.62 bits per heavy atom. The Morgan fingerprint density at radius 1 is 0.769 bits per heavy atom. The van der Waals surface area contributed by atoms with Crippen LogP contribution in [0.2, 0.25) is 0 Å². The van der Waals surface area contributed by atoms with Gasteiger partial charge in [-0.15, -0.1) is 0 Å². The second-order valence-corrected chi connectivity index (χ2v) is 8.06. The maximum Gasteiger partial charge on any atom is 1.00 e. The van der Waals surface area contributed by atoms with Crippen LogP contribution in [0, 0.1) is 0 Å². The number of carbonyl (C=O) groups is 1. The third kappa shape index (κ3) is 19.8. The van der Waals surface area contributed by atoms with Crippen molar-refractivity contribution in [2.45, 2.75) is 103 Å². The molecule has 158 valence electrons. The minimum absolute atomic E-state index is 0. The lowest BCUT2D eigenvalue weighted by Gasteiger charge is -2.04. The summed E-state index contributed by atoms with van der Waals surface area (Å²) in [5, 5.41) is 0. The molecule has 0 aromatic heterocycles. The second-order valence-electron chi connectivity index (χ2n) is 6.68. The van der Waals surface area contributed by atoms with Crippen LogP contribution in [0.5, 0.6) is 0 Å². The van der Waals surface area contributed by atoms with Crippen LogP contribution >= 0.6 is 0 Å². The number of Topliss-reactive ketones (excluding diaryl/α,β-unsaturated/α-hetero) is 1. The van der Waals surface area contributed by atoms with Gasteiger partial charge in [0.25, 0.3) is 0 Å². The Bertz CT molecular complexity index is 423. The number of hydrogen-bond acceptors (Lipinski definition) is 6. The van der Waals surface area contributed by atoms with Crippen molar-refractivity contribution in [3.63, 3.8) is 0 Å². The Hall–Kier alpha value is -0.500. The van der Waals surface area contributed by atoms with Crippen molar-refractivity contribution in [2.24, 2.45) is 0 Å². The Balaban J connectivity index is -0.000000960. The molecule has 0 rings (SSSR count). The van der Waals surface area contributed by atoms with E-state index >= 15 is 0 Å². The van der Waals surface area contributed by atoms with E-state index in [0.29, 0.717) is 6.42 Å². The zero-order valence-corrected chi connectivity index (χ0v) is 17.8. The molecule has 0 aliphatic heterocycles. The largest absolute Gasteiger partial charge is 1.00 e. The molecular weight excluding hydrogens is 354 g/mol. The van der Waals surface area contributed by atoms with Gasteiger partial charge in [0.2, 0.25) is 0 Å². The Labute approximate surface area is 164 Å². The fourth-order valence-electron chi connectivity index (χ4n) is 2.77. The summed E-state index contributed by atoms with van der Waals surface area (Å²) in [6, 6.07) is 0. The van der Waals surface area contributed by atoms with Crippen molar-refractivity contribution in [1.29, 1.82) is 0 Å². The summed E-state index contributed by atoms with van der Waals surface area (Å²) in [7, 11) is -2.88. The lowest BCUT2D eigenvalue weighted by molar-refractivity contribution is -0.119. The van der Waals surface area contributed by atoms with Crippen LogP contribution in [0.15, 0.2) is 0 Å². The summed E-state index contributed by atoms with van der Waals surface area (Å²) in [5.74, 6) is 0.0503. The van der Waals surface area contributed by atoms with Crippen molar-refractivity contribution in [3.05, 3.63) is 0 Å². The number of ketones is 1. The summed E-state index contributed by atoms with van der Waals surface area (Å²) in [6.07, 6.45) is 17.2. The van der Waals surface area contributed by atoms with Gasteiger partial charge in [0.05, 0.1) is 13.7 Å². The summed E-state index contributed by atoms with van der Waals surface area (Å²) >= 11 is 0. The topological polar surface area (TPSA) is 105 Å². The zero-order valence-electron chi connectivity index (χ0n) is 19.0. The minimum Gasteiger partial charge on any atom is -0.344 e. The van der Waals surface area contributed by atoms with Gasteiger partial charge >= 0.3 is 13.3 Å². The third-order valence-electron chi connectivity index (χ3n) is 4.37. The van der Waals surface area contributed by atoms with Crippen LogP contribution < -0.4 is 6.15 Å². The highest BCUT2D eigenvalue weighted by Crippen LogP contribution is 2.13. The average Bonchev–Trinajstić information content (AvgIpc) is 2.59. The summed E-state index contributed by atoms with van der Waals surface area (Å²) in [4.78, 5) is 11.6. The van der Waals surface area contributed by atoms with E-state index < -0.39 is 10.4 Å². The molecule has 0 bridgehead atoms. The van der Waals surface area contributed by atoms with Crippen molar-refractivity contribution >= 4 is 16.2 Å². The standard InChI is InChI=1S/C19H38O5S.H3N/c1-3-4-5-6-7-8-9-10-11-12-13-14-15-16-19(20)17-18-24-25(21,22)23-2;/h3-18H2,1-2H3;1H3/p+2. The van der Waals surface area contributed by atoms with E-state index in [-0.39, 0.29) is 27.8 Å².